The van der Waals surface area contributed by atoms with Gasteiger partial charge in [-0.15, -0.1) is 0 Å². The topological polar surface area (TPSA) is 57.9 Å². The second kappa shape index (κ2) is 4.20. The number of hydrogen-bond donors (Lipinski definition) is 0. The van der Waals surface area contributed by atoms with Crippen LogP contribution in [0.5, 0.6) is 5.88 Å². The molecule has 1 fully saturated rings. The van der Waals surface area contributed by atoms with Crippen molar-refractivity contribution in [3.8, 4) is 5.88 Å². The summed E-state index contributed by atoms with van der Waals surface area (Å²) in [5.41, 5.74) is 0.887. The van der Waals surface area contributed by atoms with E-state index in [2.05, 4.69) is 10.1 Å². The molecule has 0 spiro atoms. The molecule has 0 aliphatic carbocycles. The van der Waals surface area contributed by atoms with Crippen LogP contribution < -0.4 is 10.2 Å². The molecule has 2 aromatic rings. The highest BCUT2D eigenvalue weighted by atomic mass is 16.7. The first-order chi connectivity index (χ1) is 9.36. The number of hydrogen-bond acceptors (Lipinski definition) is 5. The van der Waals surface area contributed by atoms with Crippen LogP contribution in [0.2, 0.25) is 0 Å². The Labute approximate surface area is 118 Å². The molecule has 0 aromatic carbocycles. The van der Waals surface area contributed by atoms with Gasteiger partial charge >= 0.3 is 7.12 Å². The van der Waals surface area contributed by atoms with Crippen molar-refractivity contribution in [3.05, 3.63) is 18.6 Å². The first kappa shape index (κ1) is 13.4. The van der Waals surface area contributed by atoms with E-state index in [0.29, 0.717) is 5.88 Å². The van der Waals surface area contributed by atoms with E-state index in [1.54, 1.807) is 11.6 Å². The minimum absolute atomic E-state index is 0.380. The number of rotatable bonds is 2. The molecule has 0 unspecified atom stereocenters. The Morgan fingerprint density at radius 2 is 1.85 bits per heavy atom. The lowest BCUT2D eigenvalue weighted by Gasteiger charge is -2.32. The summed E-state index contributed by atoms with van der Waals surface area (Å²) in [6, 6.07) is 1.93. The van der Waals surface area contributed by atoms with Gasteiger partial charge in [-0.05, 0) is 33.8 Å². The summed E-state index contributed by atoms with van der Waals surface area (Å²) in [6.45, 7) is 8.11. The van der Waals surface area contributed by atoms with Crippen LogP contribution in [0.3, 0.4) is 0 Å². The van der Waals surface area contributed by atoms with Crippen LogP contribution in [0, 0.1) is 0 Å². The SMILES string of the molecule is COc1ncnn2ccc(B3OC(C)(C)C(C)(C)O3)c12. The van der Waals surface area contributed by atoms with Crippen molar-refractivity contribution < 1.29 is 14.0 Å². The van der Waals surface area contributed by atoms with Crippen LogP contribution in [0.25, 0.3) is 5.52 Å². The van der Waals surface area contributed by atoms with E-state index in [9.17, 15) is 0 Å². The van der Waals surface area contributed by atoms with Crippen LogP contribution in [0.1, 0.15) is 27.7 Å². The van der Waals surface area contributed by atoms with Crippen molar-refractivity contribution in [1.82, 2.24) is 14.6 Å². The second-order valence-corrected chi connectivity index (χ2v) is 5.92. The molecule has 0 atom stereocenters. The molecule has 3 heterocycles. The molecule has 6 nitrogen and oxygen atoms in total. The fraction of sp³-hybridized carbons (Fsp3) is 0.538. The number of methoxy groups -OCH3 is 1. The van der Waals surface area contributed by atoms with Gasteiger partial charge in [0, 0.05) is 11.7 Å². The Hall–Kier alpha value is -1.60. The Bertz CT molecular complexity index is 637. The molecule has 0 N–H and O–H groups in total. The highest BCUT2D eigenvalue weighted by Gasteiger charge is 2.52. The summed E-state index contributed by atoms with van der Waals surface area (Å²) >= 11 is 0. The number of fused-ring (bicyclic) bond motifs is 1. The zero-order chi connectivity index (χ0) is 14.5. The van der Waals surface area contributed by atoms with E-state index in [1.807, 2.05) is 40.0 Å². The summed E-state index contributed by atoms with van der Waals surface area (Å²) in [6.07, 6.45) is 3.31. The van der Waals surface area contributed by atoms with E-state index in [0.717, 1.165) is 11.0 Å². The molecule has 0 bridgehead atoms. The third-order valence-electron chi connectivity index (χ3n) is 4.15. The standard InChI is InChI=1S/C13H18BN3O3/c1-12(2)13(3,4)20-14(19-12)9-6-7-17-10(9)11(18-5)15-8-16-17/h6-8H,1-5H3. The molecular weight excluding hydrogens is 257 g/mol. The highest BCUT2D eigenvalue weighted by molar-refractivity contribution is 6.64. The normalized spacial score (nSPS) is 20.6. The van der Waals surface area contributed by atoms with Gasteiger partial charge in [0.05, 0.1) is 18.3 Å². The average molecular weight is 275 g/mol. The largest absolute Gasteiger partial charge is 0.497 e. The Morgan fingerprint density at radius 3 is 2.45 bits per heavy atom. The van der Waals surface area contributed by atoms with Crippen LogP contribution >= 0.6 is 0 Å². The van der Waals surface area contributed by atoms with Crippen molar-refractivity contribution in [2.45, 2.75) is 38.9 Å². The molecule has 20 heavy (non-hydrogen) atoms. The molecule has 1 aliphatic heterocycles. The summed E-state index contributed by atoms with van der Waals surface area (Å²) in [5.74, 6) is 0.509. The quantitative estimate of drug-likeness (QED) is 0.766. The lowest BCUT2D eigenvalue weighted by atomic mass is 9.80. The zero-order valence-corrected chi connectivity index (χ0v) is 12.4. The van der Waals surface area contributed by atoms with Crippen molar-refractivity contribution in [1.29, 1.82) is 0 Å². The first-order valence-electron chi connectivity index (χ1n) is 6.57. The number of nitrogens with zero attached hydrogens (tertiary/aromatic N) is 3. The number of aromatic nitrogens is 3. The van der Waals surface area contributed by atoms with Crippen LogP contribution in [0.15, 0.2) is 18.6 Å². The maximum absolute atomic E-state index is 6.07. The van der Waals surface area contributed by atoms with Gasteiger partial charge in [0.15, 0.2) is 0 Å². The maximum Gasteiger partial charge on any atom is 0.497 e. The van der Waals surface area contributed by atoms with Crippen LogP contribution in [-0.2, 0) is 9.31 Å². The van der Waals surface area contributed by atoms with Crippen molar-refractivity contribution >= 4 is 18.1 Å². The van der Waals surface area contributed by atoms with Gasteiger partial charge in [-0.3, -0.25) is 0 Å². The van der Waals surface area contributed by atoms with Crippen LogP contribution in [-0.4, -0.2) is 40.0 Å². The molecular formula is C13H18BN3O3. The third kappa shape index (κ3) is 1.81. The number of ether oxygens (including phenoxy) is 1. The molecule has 2 aromatic heterocycles. The van der Waals surface area contributed by atoms with Gasteiger partial charge in [-0.1, -0.05) is 0 Å². The molecule has 0 amide bonds. The van der Waals surface area contributed by atoms with E-state index < -0.39 is 7.12 Å². The minimum atomic E-state index is -0.454. The Morgan fingerprint density at radius 1 is 1.20 bits per heavy atom. The predicted molar refractivity (Wildman–Crippen MR) is 75.3 cm³/mol. The summed E-state index contributed by atoms with van der Waals surface area (Å²) in [7, 11) is 1.13. The van der Waals surface area contributed by atoms with Gasteiger partial charge in [0.25, 0.3) is 0 Å². The highest BCUT2D eigenvalue weighted by Crippen LogP contribution is 2.37. The van der Waals surface area contributed by atoms with Gasteiger partial charge in [0.1, 0.15) is 11.8 Å². The zero-order valence-electron chi connectivity index (χ0n) is 12.4. The summed E-state index contributed by atoms with van der Waals surface area (Å²) < 4.78 is 19.2. The lowest BCUT2D eigenvalue weighted by molar-refractivity contribution is 0.00578. The third-order valence-corrected chi connectivity index (χ3v) is 4.15. The summed E-state index contributed by atoms with van der Waals surface area (Å²) in [4.78, 5) is 4.14. The summed E-state index contributed by atoms with van der Waals surface area (Å²) in [5, 5.41) is 4.17. The lowest BCUT2D eigenvalue weighted by Crippen LogP contribution is -2.41. The first-order valence-corrected chi connectivity index (χ1v) is 6.57. The molecule has 106 valence electrons. The van der Waals surface area contributed by atoms with Crippen molar-refractivity contribution in [2.24, 2.45) is 0 Å². The van der Waals surface area contributed by atoms with E-state index in [1.165, 1.54) is 6.33 Å². The van der Waals surface area contributed by atoms with Crippen LogP contribution in [0.4, 0.5) is 0 Å². The molecule has 1 aliphatic rings. The monoisotopic (exact) mass is 275 g/mol. The minimum Gasteiger partial charge on any atom is -0.479 e. The van der Waals surface area contributed by atoms with Crippen molar-refractivity contribution in [3.63, 3.8) is 0 Å². The molecule has 3 rings (SSSR count). The van der Waals surface area contributed by atoms with Crippen molar-refractivity contribution in [2.75, 3.05) is 7.11 Å². The second-order valence-electron chi connectivity index (χ2n) is 5.92. The average Bonchev–Trinajstić information content (AvgIpc) is 2.88. The smallest absolute Gasteiger partial charge is 0.479 e. The molecule has 7 heteroatoms. The van der Waals surface area contributed by atoms with E-state index >= 15 is 0 Å². The maximum atomic E-state index is 6.07. The Kier molecular flexibility index (Phi) is 2.81. The van der Waals surface area contributed by atoms with Gasteiger partial charge in [0.2, 0.25) is 5.88 Å². The molecule has 0 saturated carbocycles. The van der Waals surface area contributed by atoms with E-state index in [4.69, 9.17) is 14.0 Å². The van der Waals surface area contributed by atoms with Gasteiger partial charge < -0.3 is 14.0 Å². The molecule has 1 saturated heterocycles. The van der Waals surface area contributed by atoms with Gasteiger partial charge in [-0.2, -0.15) is 10.1 Å². The fourth-order valence-electron chi connectivity index (χ4n) is 2.26. The Balaban J connectivity index is 2.09. The fourth-order valence-corrected chi connectivity index (χ4v) is 2.26. The predicted octanol–water partition coefficient (Wildman–Crippen LogP) is 1.04. The van der Waals surface area contributed by atoms with E-state index in [-0.39, 0.29) is 11.2 Å². The van der Waals surface area contributed by atoms with Gasteiger partial charge in [-0.25, -0.2) is 4.52 Å². The molecule has 0 radical (unpaired) electrons.